The van der Waals surface area contributed by atoms with Gasteiger partial charge >= 0.3 is 0 Å². The monoisotopic (exact) mass is 297 g/mol. The van der Waals surface area contributed by atoms with Gasteiger partial charge in [0.25, 0.3) is 0 Å². The number of hydrogen-bond acceptors (Lipinski definition) is 1. The molecule has 0 aliphatic carbocycles. The van der Waals surface area contributed by atoms with E-state index in [1.54, 1.807) is 6.07 Å². The molecule has 0 heterocycles. The van der Waals surface area contributed by atoms with Crippen LogP contribution in [0.15, 0.2) is 36.4 Å². The van der Waals surface area contributed by atoms with Crippen molar-refractivity contribution >= 4 is 49.9 Å². The minimum Gasteiger partial charge on any atom is -0.289 e. The molecule has 0 amide bonds. The zero-order valence-electron chi connectivity index (χ0n) is 12.3. The largest absolute Gasteiger partial charge is 0.289 e. The molecule has 0 aliphatic heterocycles. The number of benzene rings is 2. The molecule has 1 atom stereocenters. The zero-order chi connectivity index (χ0) is 14.0. The Labute approximate surface area is 139 Å². The van der Waals surface area contributed by atoms with Crippen molar-refractivity contribution in [2.45, 2.75) is 20.8 Å². The van der Waals surface area contributed by atoms with Crippen LogP contribution < -0.4 is 5.30 Å². The number of carbonyl (C=O) groups excluding carboxylic acids is 1. The Balaban J connectivity index is 0.00000200. The Morgan fingerprint density at radius 2 is 1.75 bits per heavy atom. The molecular weight excluding hydrogens is 282 g/mol. The average Bonchev–Trinajstić information content (AvgIpc) is 2.32. The van der Waals surface area contributed by atoms with Gasteiger partial charge in [-0.2, -0.15) is 0 Å². The van der Waals surface area contributed by atoms with Gasteiger partial charge in [0.05, 0.1) is 5.02 Å². The maximum Gasteiger partial charge on any atom is 0.187 e. The first-order valence-corrected chi connectivity index (χ1v) is 7.50. The predicted molar refractivity (Wildman–Crippen MR) is 90.1 cm³/mol. The van der Waals surface area contributed by atoms with E-state index in [9.17, 15) is 4.79 Å². The Kier molecular flexibility index (Phi) is 6.50. The topological polar surface area (TPSA) is 17.1 Å². The molecule has 1 unspecified atom stereocenters. The van der Waals surface area contributed by atoms with E-state index < -0.39 is 0 Å². The van der Waals surface area contributed by atoms with Crippen LogP contribution in [0.3, 0.4) is 0 Å². The van der Waals surface area contributed by atoms with Crippen LogP contribution >= 0.6 is 20.2 Å². The van der Waals surface area contributed by atoms with Crippen LogP contribution in [0, 0.1) is 20.8 Å². The van der Waals surface area contributed by atoms with Crippen LogP contribution in [0.5, 0.6) is 0 Å². The van der Waals surface area contributed by atoms with Gasteiger partial charge < -0.3 is 0 Å². The number of hydrogen-bond donors (Lipinski definition) is 0. The molecule has 1 radical (unpaired) electrons. The molecule has 0 saturated carbocycles. The summed E-state index contributed by atoms with van der Waals surface area (Å²) in [5.41, 5.74) is 4.08. The van der Waals surface area contributed by atoms with Crippen LogP contribution in [0.4, 0.5) is 0 Å². The van der Waals surface area contributed by atoms with E-state index in [1.165, 1.54) is 5.56 Å². The maximum atomic E-state index is 12.4. The fourth-order valence-electron chi connectivity index (χ4n) is 2.06. The Hall–Kier alpha value is -0.573. The minimum absolute atomic E-state index is 0. The van der Waals surface area contributed by atoms with Crippen LogP contribution in [-0.4, -0.2) is 24.4 Å². The Bertz CT molecular complexity index is 620. The molecule has 0 aliphatic rings. The van der Waals surface area contributed by atoms with Gasteiger partial charge in [0.15, 0.2) is 5.52 Å². The third-order valence-electron chi connectivity index (χ3n) is 3.08. The van der Waals surface area contributed by atoms with Gasteiger partial charge in [-0.25, -0.2) is 0 Å². The van der Waals surface area contributed by atoms with Gasteiger partial charge in [0.2, 0.25) is 0 Å². The standard InChI is InChI=1S/C16H16ClOP.Li/c1-10-7-8-14(12(3)9-10)19-16(18)15-11(2)5-4-6-13(15)17;/h4-9,19H,1-3H3;. The first-order chi connectivity index (χ1) is 8.99. The molecule has 2 aromatic carbocycles. The second kappa shape index (κ2) is 7.44. The van der Waals surface area contributed by atoms with E-state index in [2.05, 4.69) is 13.0 Å². The van der Waals surface area contributed by atoms with E-state index in [0.717, 1.165) is 16.4 Å². The van der Waals surface area contributed by atoms with Gasteiger partial charge in [-0.15, -0.1) is 0 Å². The van der Waals surface area contributed by atoms with Crippen molar-refractivity contribution in [3.05, 3.63) is 63.7 Å². The fraction of sp³-hybridized carbons (Fsp3) is 0.188. The summed E-state index contributed by atoms with van der Waals surface area (Å²) in [6, 6.07) is 11.7. The number of halogens is 1. The predicted octanol–water partition coefficient (Wildman–Crippen LogP) is 4.03. The van der Waals surface area contributed by atoms with Crippen molar-refractivity contribution < 1.29 is 4.79 Å². The van der Waals surface area contributed by atoms with Crippen molar-refractivity contribution in [1.82, 2.24) is 0 Å². The third kappa shape index (κ3) is 3.97. The van der Waals surface area contributed by atoms with E-state index in [0.29, 0.717) is 10.6 Å². The van der Waals surface area contributed by atoms with Crippen molar-refractivity contribution in [3.8, 4) is 0 Å². The van der Waals surface area contributed by atoms with E-state index in [1.807, 2.05) is 38.1 Å². The molecule has 0 N–H and O–H groups in total. The Morgan fingerprint density at radius 1 is 1.05 bits per heavy atom. The van der Waals surface area contributed by atoms with Gasteiger partial charge in [0, 0.05) is 24.4 Å². The summed E-state index contributed by atoms with van der Waals surface area (Å²) in [5, 5.41) is 1.64. The van der Waals surface area contributed by atoms with Gasteiger partial charge in [-0.3, -0.25) is 4.79 Å². The molecule has 20 heavy (non-hydrogen) atoms. The van der Waals surface area contributed by atoms with Crippen LogP contribution in [-0.2, 0) is 0 Å². The van der Waals surface area contributed by atoms with E-state index >= 15 is 0 Å². The number of aryl methyl sites for hydroxylation is 3. The molecule has 99 valence electrons. The molecule has 0 saturated heterocycles. The van der Waals surface area contributed by atoms with E-state index in [4.69, 9.17) is 11.6 Å². The van der Waals surface area contributed by atoms with Crippen LogP contribution in [0.1, 0.15) is 27.0 Å². The third-order valence-corrected chi connectivity index (χ3v) is 4.70. The quantitative estimate of drug-likeness (QED) is 0.617. The first kappa shape index (κ1) is 17.5. The molecular formula is C16H16ClLiOP. The van der Waals surface area contributed by atoms with Gasteiger partial charge in [0.1, 0.15) is 0 Å². The minimum atomic E-state index is 0. The fourth-order valence-corrected chi connectivity index (χ4v) is 3.58. The molecule has 0 aromatic heterocycles. The van der Waals surface area contributed by atoms with Crippen molar-refractivity contribution in [2.24, 2.45) is 0 Å². The molecule has 0 bridgehead atoms. The van der Waals surface area contributed by atoms with Crippen molar-refractivity contribution in [3.63, 3.8) is 0 Å². The average molecular weight is 298 g/mol. The zero-order valence-corrected chi connectivity index (χ0v) is 14.0. The first-order valence-electron chi connectivity index (χ1n) is 6.13. The second-order valence-corrected chi connectivity index (χ2v) is 6.35. The summed E-state index contributed by atoms with van der Waals surface area (Å²) < 4.78 is 0. The van der Waals surface area contributed by atoms with Crippen molar-refractivity contribution in [1.29, 1.82) is 0 Å². The Morgan fingerprint density at radius 3 is 2.35 bits per heavy atom. The number of carbonyl (C=O) groups is 1. The molecule has 0 fully saturated rings. The van der Waals surface area contributed by atoms with Gasteiger partial charge in [-0.1, -0.05) is 47.5 Å². The van der Waals surface area contributed by atoms with Crippen molar-refractivity contribution in [2.75, 3.05) is 0 Å². The smallest absolute Gasteiger partial charge is 0.187 e. The van der Waals surface area contributed by atoms with Crippen LogP contribution in [0.2, 0.25) is 5.02 Å². The molecule has 2 aromatic rings. The van der Waals surface area contributed by atoms with E-state index in [-0.39, 0.29) is 33.0 Å². The summed E-state index contributed by atoms with van der Waals surface area (Å²) in [6.07, 6.45) is 0. The molecule has 1 nitrogen and oxygen atoms in total. The van der Waals surface area contributed by atoms with Crippen LogP contribution in [0.25, 0.3) is 0 Å². The second-order valence-electron chi connectivity index (χ2n) is 4.70. The molecule has 0 spiro atoms. The van der Waals surface area contributed by atoms with Gasteiger partial charge in [-0.05, 0) is 51.8 Å². The summed E-state index contributed by atoms with van der Waals surface area (Å²) in [5.74, 6) is 0. The maximum absolute atomic E-state index is 12.4. The SMILES string of the molecule is Cc1ccc(PC(=O)c2c(C)cccc2Cl)c(C)c1.[Li]. The summed E-state index contributed by atoms with van der Waals surface area (Å²) in [7, 11) is 0.120. The molecule has 4 heteroatoms. The number of rotatable bonds is 3. The summed E-state index contributed by atoms with van der Waals surface area (Å²) in [4.78, 5) is 12.4. The molecule has 2 rings (SSSR count). The summed E-state index contributed by atoms with van der Waals surface area (Å²) >= 11 is 6.14. The normalized spacial score (nSPS) is 10.6. The summed E-state index contributed by atoms with van der Waals surface area (Å²) in [6.45, 7) is 6.02.